The molecule has 1 aliphatic rings. The van der Waals surface area contributed by atoms with Gasteiger partial charge in [0.1, 0.15) is 11.5 Å². The Morgan fingerprint density at radius 1 is 1.18 bits per heavy atom. The largest absolute Gasteiger partial charge is 0.291 e. The van der Waals surface area contributed by atoms with E-state index in [9.17, 15) is 17.6 Å². The lowest BCUT2D eigenvalue weighted by atomic mass is 10.0. The molecule has 0 saturated heterocycles. The third-order valence-corrected chi connectivity index (χ3v) is 5.95. The Kier molecular flexibility index (Phi) is 3.66. The summed E-state index contributed by atoms with van der Waals surface area (Å²) in [6, 6.07) is 2.16. The van der Waals surface area contributed by atoms with Crippen molar-refractivity contribution in [2.45, 2.75) is 11.0 Å². The van der Waals surface area contributed by atoms with E-state index in [1.54, 1.807) is 0 Å². The predicted molar refractivity (Wildman–Crippen MR) is 78.1 cm³/mol. The van der Waals surface area contributed by atoms with Crippen molar-refractivity contribution in [2.75, 3.05) is 0 Å². The first-order valence-electron chi connectivity index (χ1n) is 6.02. The minimum atomic E-state index is -4.04. The first kappa shape index (κ1) is 15.3. The Labute approximate surface area is 135 Å². The Bertz CT molecular complexity index is 902. The van der Waals surface area contributed by atoms with Crippen LogP contribution in [0.15, 0.2) is 24.5 Å². The molecule has 5 nitrogen and oxygen atoms in total. The van der Waals surface area contributed by atoms with Crippen molar-refractivity contribution in [3.8, 4) is 0 Å². The topological polar surface area (TPSA) is 77.0 Å². The molecule has 0 N–H and O–H groups in total. The van der Waals surface area contributed by atoms with Gasteiger partial charge in [-0.25, -0.2) is 17.8 Å². The van der Waals surface area contributed by atoms with Crippen LogP contribution in [0.4, 0.5) is 4.39 Å². The molecule has 22 heavy (non-hydrogen) atoms. The number of benzene rings is 1. The zero-order valence-electron chi connectivity index (χ0n) is 10.8. The number of ketones is 1. The quantitative estimate of drug-likeness (QED) is 0.730. The number of hydrogen-bond donors (Lipinski definition) is 0. The number of aromatic nitrogens is 2. The normalized spacial score (nSPS) is 19.8. The number of carbonyl (C=O) groups is 1. The number of Topliss-reactive ketones (excluding diaryl/α,β-unsaturated/α-hetero) is 1. The second kappa shape index (κ2) is 5.26. The molecule has 0 radical (unpaired) electrons. The fourth-order valence-corrected chi connectivity index (χ4v) is 4.61. The number of halogens is 3. The third kappa shape index (κ3) is 2.29. The van der Waals surface area contributed by atoms with Gasteiger partial charge in [0, 0.05) is 18.0 Å². The van der Waals surface area contributed by atoms with E-state index in [1.807, 2.05) is 0 Å². The standard InChI is InChI=1S/C13H7Cl2FN2O3S/c14-6-1-2-7(16)9(10(6)15)13-12(19)11-8(5-22(13,20)21)17-3-4-18-11/h1-4,13H,5H2. The van der Waals surface area contributed by atoms with E-state index in [0.717, 1.165) is 6.07 Å². The molecule has 2 heterocycles. The maximum atomic E-state index is 14.1. The maximum Gasteiger partial charge on any atom is 0.205 e. The molecule has 3 rings (SSSR count). The first-order valence-corrected chi connectivity index (χ1v) is 8.49. The van der Waals surface area contributed by atoms with Gasteiger partial charge < -0.3 is 0 Å². The van der Waals surface area contributed by atoms with Crippen molar-refractivity contribution in [1.29, 1.82) is 0 Å². The molecule has 0 bridgehead atoms. The molecule has 0 fully saturated rings. The molecular formula is C13H7Cl2FN2O3S. The molecule has 2 aromatic rings. The van der Waals surface area contributed by atoms with Gasteiger partial charge in [0.15, 0.2) is 15.1 Å². The molecule has 114 valence electrons. The van der Waals surface area contributed by atoms with E-state index >= 15 is 0 Å². The maximum absolute atomic E-state index is 14.1. The van der Waals surface area contributed by atoms with E-state index < -0.39 is 38.0 Å². The van der Waals surface area contributed by atoms with Gasteiger partial charge in [0.05, 0.1) is 21.5 Å². The molecule has 1 aromatic heterocycles. The van der Waals surface area contributed by atoms with Gasteiger partial charge in [-0.2, -0.15) is 0 Å². The second-order valence-electron chi connectivity index (χ2n) is 4.66. The monoisotopic (exact) mass is 360 g/mol. The van der Waals surface area contributed by atoms with Gasteiger partial charge >= 0.3 is 0 Å². The number of fused-ring (bicyclic) bond motifs is 1. The van der Waals surface area contributed by atoms with Crippen LogP contribution in [0.2, 0.25) is 10.0 Å². The summed E-state index contributed by atoms with van der Waals surface area (Å²) in [7, 11) is -4.04. The van der Waals surface area contributed by atoms with Crippen LogP contribution in [0.3, 0.4) is 0 Å². The average molecular weight is 361 g/mol. The van der Waals surface area contributed by atoms with Crippen molar-refractivity contribution in [1.82, 2.24) is 9.97 Å². The molecule has 0 spiro atoms. The van der Waals surface area contributed by atoms with E-state index in [4.69, 9.17) is 23.2 Å². The van der Waals surface area contributed by atoms with Gasteiger partial charge in [0.25, 0.3) is 0 Å². The molecule has 9 heteroatoms. The molecule has 1 atom stereocenters. The number of carbonyl (C=O) groups excluding carboxylic acids is 1. The van der Waals surface area contributed by atoms with Crippen molar-refractivity contribution < 1.29 is 17.6 Å². The Morgan fingerprint density at radius 2 is 1.86 bits per heavy atom. The van der Waals surface area contributed by atoms with Gasteiger partial charge in [-0.05, 0) is 12.1 Å². The molecule has 1 aliphatic heterocycles. The minimum Gasteiger partial charge on any atom is -0.291 e. The zero-order valence-corrected chi connectivity index (χ0v) is 13.1. The first-order chi connectivity index (χ1) is 10.3. The molecule has 0 aliphatic carbocycles. The highest BCUT2D eigenvalue weighted by Gasteiger charge is 2.44. The molecule has 1 aromatic carbocycles. The molecule has 0 amide bonds. The summed E-state index contributed by atoms with van der Waals surface area (Å²) in [5.41, 5.74) is -0.504. The zero-order chi connectivity index (χ0) is 16.1. The van der Waals surface area contributed by atoms with Crippen molar-refractivity contribution in [3.05, 3.63) is 57.3 Å². The summed E-state index contributed by atoms with van der Waals surface area (Å²) in [4.78, 5) is 20.2. The molecule has 0 saturated carbocycles. The van der Waals surface area contributed by atoms with Gasteiger partial charge in [-0.1, -0.05) is 23.2 Å². The Balaban J connectivity index is 2.28. The van der Waals surface area contributed by atoms with Crippen LogP contribution in [-0.4, -0.2) is 24.2 Å². The highest BCUT2D eigenvalue weighted by Crippen LogP contribution is 2.40. The van der Waals surface area contributed by atoms with Crippen LogP contribution in [0, 0.1) is 5.82 Å². The fourth-order valence-electron chi connectivity index (χ4n) is 2.33. The van der Waals surface area contributed by atoms with Crippen LogP contribution in [0.1, 0.15) is 27.0 Å². The van der Waals surface area contributed by atoms with E-state index in [1.165, 1.54) is 18.5 Å². The van der Waals surface area contributed by atoms with Crippen molar-refractivity contribution >= 4 is 38.8 Å². The number of sulfone groups is 1. The van der Waals surface area contributed by atoms with Crippen molar-refractivity contribution in [3.63, 3.8) is 0 Å². The highest BCUT2D eigenvalue weighted by molar-refractivity contribution is 7.91. The van der Waals surface area contributed by atoms with Crippen LogP contribution in [0.25, 0.3) is 0 Å². The summed E-state index contributed by atoms with van der Waals surface area (Å²) >= 11 is 11.7. The van der Waals surface area contributed by atoms with E-state index in [-0.39, 0.29) is 21.4 Å². The van der Waals surface area contributed by atoms with Crippen LogP contribution < -0.4 is 0 Å². The number of rotatable bonds is 1. The van der Waals surface area contributed by atoms with E-state index in [0.29, 0.717) is 0 Å². The Morgan fingerprint density at radius 3 is 2.59 bits per heavy atom. The van der Waals surface area contributed by atoms with Crippen LogP contribution in [-0.2, 0) is 15.6 Å². The van der Waals surface area contributed by atoms with Gasteiger partial charge in [-0.15, -0.1) is 0 Å². The summed E-state index contributed by atoms with van der Waals surface area (Å²) in [6.45, 7) is 0. The minimum absolute atomic E-state index is 0.0361. The lowest BCUT2D eigenvalue weighted by molar-refractivity contribution is 0.0977. The number of hydrogen-bond acceptors (Lipinski definition) is 5. The SMILES string of the molecule is O=C1c2nccnc2CS(=O)(=O)C1c1c(F)ccc(Cl)c1Cl. The number of nitrogens with zero attached hydrogens (tertiary/aromatic N) is 2. The van der Waals surface area contributed by atoms with Gasteiger partial charge in [-0.3, -0.25) is 9.78 Å². The predicted octanol–water partition coefficient (Wildman–Crippen LogP) is 2.77. The summed E-state index contributed by atoms with van der Waals surface area (Å²) < 4.78 is 38.9. The summed E-state index contributed by atoms with van der Waals surface area (Å²) in [5, 5.41) is -2.11. The van der Waals surface area contributed by atoms with Gasteiger partial charge in [0.2, 0.25) is 5.78 Å². The lowest BCUT2D eigenvalue weighted by Crippen LogP contribution is -2.32. The average Bonchev–Trinajstić information content (AvgIpc) is 2.46. The summed E-state index contributed by atoms with van der Waals surface area (Å²) in [6.07, 6.45) is 2.55. The molecule has 1 unspecified atom stereocenters. The lowest BCUT2D eigenvalue weighted by Gasteiger charge is -2.23. The van der Waals surface area contributed by atoms with Crippen LogP contribution in [0.5, 0.6) is 0 Å². The fraction of sp³-hybridized carbons (Fsp3) is 0.154. The van der Waals surface area contributed by atoms with Crippen molar-refractivity contribution in [2.24, 2.45) is 0 Å². The Hall–Kier alpha value is -1.57. The smallest absolute Gasteiger partial charge is 0.205 e. The second-order valence-corrected chi connectivity index (χ2v) is 7.53. The van der Waals surface area contributed by atoms with Crippen LogP contribution >= 0.6 is 23.2 Å². The van der Waals surface area contributed by atoms with E-state index in [2.05, 4.69) is 9.97 Å². The summed E-state index contributed by atoms with van der Waals surface area (Å²) in [5.74, 6) is -2.30. The third-order valence-electron chi connectivity index (χ3n) is 3.28. The molecular weight excluding hydrogens is 354 g/mol. The highest BCUT2D eigenvalue weighted by atomic mass is 35.5.